The van der Waals surface area contributed by atoms with Gasteiger partial charge in [0.15, 0.2) is 5.13 Å². The molecule has 0 bridgehead atoms. The molecule has 0 aliphatic rings. The predicted molar refractivity (Wildman–Crippen MR) is 87.9 cm³/mol. The Labute approximate surface area is 126 Å². The molecule has 0 unspecified atom stereocenters. The van der Waals surface area contributed by atoms with Gasteiger partial charge in [0, 0.05) is 11.3 Å². The van der Waals surface area contributed by atoms with Crippen molar-refractivity contribution in [2.24, 2.45) is 0 Å². The highest BCUT2D eigenvalue weighted by molar-refractivity contribution is 7.22. The first-order valence-electron chi connectivity index (χ1n) is 6.58. The number of nitrogens with zero attached hydrogens (tertiary/aromatic N) is 1. The first-order valence-corrected chi connectivity index (χ1v) is 7.40. The van der Waals surface area contributed by atoms with E-state index in [1.165, 1.54) is 16.9 Å². The first-order chi connectivity index (χ1) is 10.0. The number of nitrogens with two attached hydrogens (primary N) is 1. The van der Waals surface area contributed by atoms with Crippen LogP contribution in [0.4, 0.5) is 10.8 Å². The van der Waals surface area contributed by atoms with Crippen LogP contribution in [-0.2, 0) is 0 Å². The van der Waals surface area contributed by atoms with Gasteiger partial charge in [-0.15, -0.1) is 0 Å². The molecular weight excluding hydrogens is 282 g/mol. The van der Waals surface area contributed by atoms with Crippen molar-refractivity contribution in [3.8, 4) is 0 Å². The van der Waals surface area contributed by atoms with Gasteiger partial charge in [-0.1, -0.05) is 23.5 Å². The molecule has 0 fully saturated rings. The molecule has 2 aromatic carbocycles. The maximum Gasteiger partial charge on any atom is 0.257 e. The summed E-state index contributed by atoms with van der Waals surface area (Å²) in [5, 5.41) is 3.45. The van der Waals surface area contributed by atoms with E-state index in [9.17, 15) is 4.79 Å². The highest BCUT2D eigenvalue weighted by Crippen LogP contribution is 2.27. The topological polar surface area (TPSA) is 68.0 Å². The van der Waals surface area contributed by atoms with Crippen LogP contribution in [0.3, 0.4) is 0 Å². The molecule has 3 rings (SSSR count). The Bertz CT molecular complexity index is 839. The van der Waals surface area contributed by atoms with Gasteiger partial charge in [-0.3, -0.25) is 10.1 Å². The maximum atomic E-state index is 12.3. The fourth-order valence-corrected chi connectivity index (χ4v) is 3.11. The summed E-state index contributed by atoms with van der Waals surface area (Å²) < 4.78 is 1.06. The van der Waals surface area contributed by atoms with E-state index in [-0.39, 0.29) is 5.91 Å². The fraction of sp³-hybridized carbons (Fsp3) is 0.125. The van der Waals surface area contributed by atoms with Crippen LogP contribution < -0.4 is 11.1 Å². The van der Waals surface area contributed by atoms with Gasteiger partial charge < -0.3 is 5.73 Å². The van der Waals surface area contributed by atoms with Gasteiger partial charge >= 0.3 is 0 Å². The van der Waals surface area contributed by atoms with E-state index < -0.39 is 0 Å². The Morgan fingerprint density at radius 3 is 2.86 bits per heavy atom. The molecule has 1 amide bonds. The smallest absolute Gasteiger partial charge is 0.257 e. The summed E-state index contributed by atoms with van der Waals surface area (Å²) in [7, 11) is 0. The number of aromatic nitrogens is 1. The Kier molecular flexibility index (Phi) is 3.35. The van der Waals surface area contributed by atoms with Crippen LogP contribution >= 0.6 is 11.3 Å². The average molecular weight is 297 g/mol. The van der Waals surface area contributed by atoms with Crippen molar-refractivity contribution in [2.75, 3.05) is 11.1 Å². The molecule has 4 nitrogen and oxygen atoms in total. The average Bonchev–Trinajstić information content (AvgIpc) is 2.83. The van der Waals surface area contributed by atoms with Crippen LogP contribution in [0.2, 0.25) is 0 Å². The standard InChI is InChI=1S/C16H15N3OS/c1-9-6-7-13-14(8-9)21-16(18-13)19-15(20)11-4-3-5-12(17)10(11)2/h3-8H,17H2,1-2H3,(H,18,19,20). The summed E-state index contributed by atoms with van der Waals surface area (Å²) in [5.41, 5.74) is 9.88. The molecule has 0 aliphatic heterocycles. The lowest BCUT2D eigenvalue weighted by Gasteiger charge is -2.07. The summed E-state index contributed by atoms with van der Waals surface area (Å²) in [6.45, 7) is 3.87. The van der Waals surface area contributed by atoms with E-state index in [0.29, 0.717) is 16.4 Å². The van der Waals surface area contributed by atoms with E-state index in [2.05, 4.69) is 16.4 Å². The fourth-order valence-electron chi connectivity index (χ4n) is 2.15. The van der Waals surface area contributed by atoms with Crippen LogP contribution in [0, 0.1) is 13.8 Å². The summed E-state index contributed by atoms with van der Waals surface area (Å²) in [5.74, 6) is -0.185. The van der Waals surface area contributed by atoms with Crippen LogP contribution in [0.5, 0.6) is 0 Å². The second-order valence-corrected chi connectivity index (χ2v) is 5.99. The van der Waals surface area contributed by atoms with E-state index >= 15 is 0 Å². The molecule has 0 spiro atoms. The van der Waals surface area contributed by atoms with Gasteiger partial charge in [-0.25, -0.2) is 4.98 Å². The van der Waals surface area contributed by atoms with Gasteiger partial charge in [0.05, 0.1) is 10.2 Å². The molecule has 0 radical (unpaired) electrons. The molecule has 3 aromatic rings. The lowest BCUT2D eigenvalue weighted by atomic mass is 10.1. The first kappa shape index (κ1) is 13.6. The molecule has 0 atom stereocenters. The molecule has 0 saturated heterocycles. The number of hydrogen-bond donors (Lipinski definition) is 2. The van der Waals surface area contributed by atoms with Gasteiger partial charge in [0.2, 0.25) is 0 Å². The number of fused-ring (bicyclic) bond motifs is 1. The normalized spacial score (nSPS) is 10.8. The summed E-state index contributed by atoms with van der Waals surface area (Å²) >= 11 is 1.47. The molecule has 21 heavy (non-hydrogen) atoms. The summed E-state index contributed by atoms with van der Waals surface area (Å²) in [6, 6.07) is 11.4. The van der Waals surface area contributed by atoms with Crippen molar-refractivity contribution < 1.29 is 4.79 Å². The summed E-state index contributed by atoms with van der Waals surface area (Å²) in [4.78, 5) is 16.8. The van der Waals surface area contributed by atoms with Crippen molar-refractivity contribution in [3.63, 3.8) is 0 Å². The molecule has 5 heteroatoms. The number of carbonyl (C=O) groups excluding carboxylic acids is 1. The number of benzene rings is 2. The highest BCUT2D eigenvalue weighted by Gasteiger charge is 2.13. The molecule has 0 saturated carbocycles. The van der Waals surface area contributed by atoms with Gasteiger partial charge in [-0.2, -0.15) is 0 Å². The van der Waals surface area contributed by atoms with E-state index in [1.54, 1.807) is 18.2 Å². The minimum Gasteiger partial charge on any atom is -0.398 e. The van der Waals surface area contributed by atoms with Crippen molar-refractivity contribution in [2.45, 2.75) is 13.8 Å². The van der Waals surface area contributed by atoms with Crippen LogP contribution in [0.25, 0.3) is 10.2 Å². The number of anilines is 2. The van der Waals surface area contributed by atoms with Crippen LogP contribution in [-0.4, -0.2) is 10.9 Å². The van der Waals surface area contributed by atoms with E-state index in [0.717, 1.165) is 15.8 Å². The molecular formula is C16H15N3OS. The SMILES string of the molecule is Cc1ccc2nc(NC(=O)c3cccc(N)c3C)sc2c1. The van der Waals surface area contributed by atoms with E-state index in [1.807, 2.05) is 26.0 Å². The molecule has 0 aliphatic carbocycles. The van der Waals surface area contributed by atoms with Crippen molar-refractivity contribution in [1.29, 1.82) is 0 Å². The zero-order chi connectivity index (χ0) is 15.0. The van der Waals surface area contributed by atoms with Crippen LogP contribution in [0.1, 0.15) is 21.5 Å². The minimum absolute atomic E-state index is 0.185. The molecule has 106 valence electrons. The lowest BCUT2D eigenvalue weighted by molar-refractivity contribution is 0.102. The zero-order valence-electron chi connectivity index (χ0n) is 11.8. The minimum atomic E-state index is -0.185. The maximum absolute atomic E-state index is 12.3. The third kappa shape index (κ3) is 2.60. The second kappa shape index (κ2) is 5.18. The number of nitrogen functional groups attached to an aromatic ring is 1. The summed E-state index contributed by atoms with van der Waals surface area (Å²) in [6.07, 6.45) is 0. The predicted octanol–water partition coefficient (Wildman–Crippen LogP) is 3.75. The monoisotopic (exact) mass is 297 g/mol. The Hall–Kier alpha value is -2.40. The van der Waals surface area contributed by atoms with E-state index in [4.69, 9.17) is 5.73 Å². The molecule has 1 heterocycles. The number of rotatable bonds is 2. The number of thiazole rings is 1. The Balaban J connectivity index is 1.91. The van der Waals surface area contributed by atoms with Gasteiger partial charge in [0.25, 0.3) is 5.91 Å². The third-order valence-corrected chi connectivity index (χ3v) is 4.32. The lowest BCUT2D eigenvalue weighted by Crippen LogP contribution is -2.13. The Morgan fingerprint density at radius 2 is 2.05 bits per heavy atom. The molecule has 3 N–H and O–H groups in total. The van der Waals surface area contributed by atoms with Gasteiger partial charge in [0.1, 0.15) is 0 Å². The quantitative estimate of drug-likeness (QED) is 0.708. The number of nitrogens with one attached hydrogen (secondary N) is 1. The van der Waals surface area contributed by atoms with Crippen LogP contribution in [0.15, 0.2) is 36.4 Å². The number of carbonyl (C=O) groups is 1. The Morgan fingerprint density at radius 1 is 1.24 bits per heavy atom. The number of aryl methyl sites for hydroxylation is 1. The third-order valence-electron chi connectivity index (χ3n) is 3.38. The van der Waals surface area contributed by atoms with Crippen molar-refractivity contribution >= 4 is 38.3 Å². The number of amides is 1. The number of hydrogen-bond acceptors (Lipinski definition) is 4. The highest BCUT2D eigenvalue weighted by atomic mass is 32.1. The molecule has 1 aromatic heterocycles. The van der Waals surface area contributed by atoms with Crippen molar-refractivity contribution in [3.05, 3.63) is 53.1 Å². The van der Waals surface area contributed by atoms with Crippen molar-refractivity contribution in [1.82, 2.24) is 4.98 Å². The second-order valence-electron chi connectivity index (χ2n) is 4.96. The van der Waals surface area contributed by atoms with Gasteiger partial charge in [-0.05, 0) is 49.2 Å². The largest absolute Gasteiger partial charge is 0.398 e. The zero-order valence-corrected chi connectivity index (χ0v) is 12.6.